The molecule has 4 aliphatic carbocycles. The maximum Gasteiger partial charge on any atom is 0.107 e. The minimum atomic E-state index is 1.00. The summed E-state index contributed by atoms with van der Waals surface area (Å²) in [4.78, 5) is 2.62. The van der Waals surface area contributed by atoms with Gasteiger partial charge in [-0.1, -0.05) is 78.5 Å². The minimum absolute atomic E-state index is 1.00. The van der Waals surface area contributed by atoms with E-state index < -0.39 is 0 Å². The number of anilines is 2. The lowest BCUT2D eigenvalue weighted by atomic mass is 9.88. The number of rotatable bonds is 6. The minimum Gasteiger partial charge on any atom is -0.354 e. The molecular formula is C38H33N3S2. The first-order valence-corrected chi connectivity index (χ1v) is 16.9. The molecule has 0 saturated carbocycles. The molecule has 0 saturated heterocycles. The van der Waals surface area contributed by atoms with Crippen molar-refractivity contribution in [3.63, 3.8) is 0 Å². The molecule has 0 spiro atoms. The Hall–Kier alpha value is -3.93. The molecule has 5 heteroatoms. The molecule has 0 amide bonds. The highest BCUT2D eigenvalue weighted by Gasteiger charge is 2.16. The third kappa shape index (κ3) is 5.60. The van der Waals surface area contributed by atoms with Gasteiger partial charge in [0.2, 0.25) is 0 Å². The van der Waals surface area contributed by atoms with E-state index >= 15 is 0 Å². The predicted octanol–water partition coefficient (Wildman–Crippen LogP) is 9.35. The summed E-state index contributed by atoms with van der Waals surface area (Å²) in [6.45, 7) is 0. The van der Waals surface area contributed by atoms with E-state index in [1.54, 1.807) is 0 Å². The molecule has 0 fully saturated rings. The van der Waals surface area contributed by atoms with Crippen LogP contribution < -0.4 is 5.32 Å². The summed E-state index contributed by atoms with van der Waals surface area (Å²) in [5, 5.41) is 3.60. The molecule has 1 N–H and O–H groups in total. The van der Waals surface area contributed by atoms with Crippen molar-refractivity contribution in [1.29, 1.82) is 0 Å². The predicted molar refractivity (Wildman–Crippen MR) is 180 cm³/mol. The van der Waals surface area contributed by atoms with Crippen molar-refractivity contribution < 1.29 is 0 Å². The SMILES string of the molecule is c1ccc2c(c1)Nc1ccc(CCc3cc4ccc3CCc3ccc(c(CCc5cccc6nsnc56)c3)CC4)cc1S2. The van der Waals surface area contributed by atoms with E-state index in [9.17, 15) is 0 Å². The summed E-state index contributed by atoms with van der Waals surface area (Å²) in [6.07, 6.45) is 8.50. The second-order valence-corrected chi connectivity index (χ2v) is 13.4. The number of nitrogens with zero attached hydrogens (tertiary/aromatic N) is 2. The van der Waals surface area contributed by atoms with Gasteiger partial charge < -0.3 is 5.32 Å². The highest BCUT2D eigenvalue weighted by atomic mass is 32.2. The van der Waals surface area contributed by atoms with Gasteiger partial charge in [-0.15, -0.1) is 0 Å². The van der Waals surface area contributed by atoms with Crippen molar-refractivity contribution in [2.45, 2.75) is 61.2 Å². The van der Waals surface area contributed by atoms with E-state index in [0.717, 1.165) is 62.4 Å². The molecule has 1 aromatic heterocycles. The Kier molecular flexibility index (Phi) is 7.22. The molecule has 0 atom stereocenters. The fraction of sp³-hybridized carbons (Fsp3) is 0.211. The standard InChI is InChI=1S/C38H33N3S2/c1-2-7-36-33(5-1)39-34-21-13-27(24-37(34)42-36)12-18-31-22-25-8-14-28(31)15-9-26-11-17-29(16-10-25)32(23-26)20-19-30-4-3-6-35-38(30)41-43-40-35/h1-8,11,13-14,17,21-24,39H,9-10,12,15-16,18-20H2. The molecular weight excluding hydrogens is 563 g/mol. The lowest BCUT2D eigenvalue weighted by Crippen LogP contribution is -2.06. The number of para-hydroxylation sites is 1. The van der Waals surface area contributed by atoms with Crippen molar-refractivity contribution in [1.82, 2.24) is 8.75 Å². The molecule has 5 aliphatic rings. The number of hydrogen-bond donors (Lipinski definition) is 1. The molecule has 4 bridgehead atoms. The van der Waals surface area contributed by atoms with Gasteiger partial charge in [-0.05, 0) is 126 Å². The summed E-state index contributed by atoms with van der Waals surface area (Å²) in [6, 6.07) is 36.4. The van der Waals surface area contributed by atoms with Crippen LogP contribution in [-0.2, 0) is 51.4 Å². The smallest absolute Gasteiger partial charge is 0.107 e. The molecule has 3 nitrogen and oxygen atoms in total. The Bertz CT molecular complexity index is 1960. The van der Waals surface area contributed by atoms with Crippen LogP contribution >= 0.6 is 23.5 Å². The zero-order chi connectivity index (χ0) is 28.6. The van der Waals surface area contributed by atoms with Crippen molar-refractivity contribution in [3.8, 4) is 0 Å². The van der Waals surface area contributed by atoms with Crippen LogP contribution in [0.2, 0.25) is 0 Å². The van der Waals surface area contributed by atoms with Crippen molar-refractivity contribution in [2.75, 3.05) is 5.32 Å². The van der Waals surface area contributed by atoms with Gasteiger partial charge in [-0.2, -0.15) is 8.75 Å². The van der Waals surface area contributed by atoms with Gasteiger partial charge in [0.15, 0.2) is 0 Å². The monoisotopic (exact) mass is 595 g/mol. The molecule has 6 aromatic rings. The number of benzene rings is 5. The van der Waals surface area contributed by atoms with Crippen molar-refractivity contribution >= 4 is 45.9 Å². The zero-order valence-corrected chi connectivity index (χ0v) is 25.7. The van der Waals surface area contributed by atoms with Gasteiger partial charge >= 0.3 is 0 Å². The van der Waals surface area contributed by atoms with Gasteiger partial charge in [0, 0.05) is 9.79 Å². The Balaban J connectivity index is 0.983. The first-order chi connectivity index (χ1) is 21.2. The van der Waals surface area contributed by atoms with Gasteiger partial charge in [0.25, 0.3) is 0 Å². The second-order valence-electron chi connectivity index (χ2n) is 11.8. The summed E-state index contributed by atoms with van der Waals surface area (Å²) in [5.41, 5.74) is 16.1. The number of hydrogen-bond acceptors (Lipinski definition) is 5. The van der Waals surface area contributed by atoms with Crippen LogP contribution in [0, 0.1) is 0 Å². The van der Waals surface area contributed by atoms with Gasteiger partial charge in [0.05, 0.1) is 23.1 Å². The van der Waals surface area contributed by atoms with Crippen molar-refractivity contribution in [2.24, 2.45) is 0 Å². The van der Waals surface area contributed by atoms with Gasteiger partial charge in [0.1, 0.15) is 11.0 Å². The van der Waals surface area contributed by atoms with Crippen LogP contribution in [0.1, 0.15) is 44.5 Å². The van der Waals surface area contributed by atoms with Crippen LogP contribution in [-0.4, -0.2) is 8.75 Å². The molecule has 43 heavy (non-hydrogen) atoms. The van der Waals surface area contributed by atoms with Gasteiger partial charge in [-0.3, -0.25) is 0 Å². The average molecular weight is 596 g/mol. The van der Waals surface area contributed by atoms with Crippen LogP contribution in [0.4, 0.5) is 11.4 Å². The van der Waals surface area contributed by atoms with Crippen LogP contribution in [0.3, 0.4) is 0 Å². The zero-order valence-electron chi connectivity index (χ0n) is 24.1. The van der Waals surface area contributed by atoms with Crippen LogP contribution in [0.5, 0.6) is 0 Å². The summed E-state index contributed by atoms with van der Waals surface area (Å²) in [7, 11) is 0. The quantitative estimate of drug-likeness (QED) is 0.208. The number of nitrogens with one attached hydrogen (secondary N) is 1. The molecule has 212 valence electrons. The van der Waals surface area contributed by atoms with E-state index in [4.69, 9.17) is 0 Å². The molecule has 0 unspecified atom stereocenters. The second kappa shape index (κ2) is 11.6. The van der Waals surface area contributed by atoms with E-state index in [1.807, 2.05) is 11.8 Å². The molecule has 1 aliphatic heterocycles. The number of fused-ring (bicyclic) bond motifs is 3. The van der Waals surface area contributed by atoms with E-state index in [2.05, 4.69) is 111 Å². The largest absolute Gasteiger partial charge is 0.354 e. The maximum atomic E-state index is 4.57. The fourth-order valence-corrected chi connectivity index (χ4v) is 8.25. The molecule has 0 radical (unpaired) electrons. The Morgan fingerprint density at radius 1 is 0.558 bits per heavy atom. The van der Waals surface area contributed by atoms with Gasteiger partial charge in [-0.25, -0.2) is 0 Å². The van der Waals surface area contributed by atoms with Crippen LogP contribution in [0.15, 0.2) is 107 Å². The fourth-order valence-electron chi connectivity index (χ4n) is 6.63. The number of aryl methyl sites for hydroxylation is 8. The normalized spacial score (nSPS) is 13.7. The lowest BCUT2D eigenvalue weighted by Gasteiger charge is -2.21. The first-order valence-electron chi connectivity index (χ1n) is 15.3. The van der Waals surface area contributed by atoms with E-state index in [0.29, 0.717) is 0 Å². The number of aromatic nitrogens is 2. The topological polar surface area (TPSA) is 37.8 Å². The van der Waals surface area contributed by atoms with Crippen molar-refractivity contribution in [3.05, 3.63) is 142 Å². The molecule has 2 heterocycles. The average Bonchev–Trinajstić information content (AvgIpc) is 3.53. The van der Waals surface area contributed by atoms with Crippen LogP contribution in [0.25, 0.3) is 11.0 Å². The summed E-state index contributed by atoms with van der Waals surface area (Å²) < 4.78 is 9.01. The molecule has 11 rings (SSSR count). The summed E-state index contributed by atoms with van der Waals surface area (Å²) in [5.74, 6) is 0. The first kappa shape index (κ1) is 26.7. The molecule has 5 aromatic carbocycles. The third-order valence-corrected chi connectivity index (χ3v) is 10.7. The Labute approximate surface area is 261 Å². The highest BCUT2D eigenvalue weighted by molar-refractivity contribution is 7.99. The Morgan fingerprint density at radius 3 is 2.09 bits per heavy atom. The Morgan fingerprint density at radius 2 is 1.28 bits per heavy atom. The maximum absolute atomic E-state index is 4.57. The van der Waals surface area contributed by atoms with E-state index in [-0.39, 0.29) is 0 Å². The third-order valence-electron chi connectivity index (χ3n) is 9.05. The highest BCUT2D eigenvalue weighted by Crippen LogP contribution is 2.44. The lowest BCUT2D eigenvalue weighted by molar-refractivity contribution is 0.853. The summed E-state index contributed by atoms with van der Waals surface area (Å²) >= 11 is 3.19. The van der Waals surface area contributed by atoms with E-state index in [1.165, 1.54) is 77.4 Å².